The number of hydrogen-bond acceptors (Lipinski definition) is 2. The van der Waals surface area contributed by atoms with Crippen LogP contribution >= 0.6 is 15.9 Å². The second-order valence-corrected chi connectivity index (χ2v) is 6.72. The molecule has 1 N–H and O–H groups in total. The van der Waals surface area contributed by atoms with Crippen molar-refractivity contribution in [1.29, 1.82) is 0 Å². The summed E-state index contributed by atoms with van der Waals surface area (Å²) in [6.45, 7) is 2.04. The molecule has 1 aliphatic carbocycles. The Labute approximate surface area is 124 Å². The molecule has 0 bridgehead atoms. The maximum absolute atomic E-state index is 5.81. The van der Waals surface area contributed by atoms with Gasteiger partial charge < -0.3 is 10.1 Å². The summed E-state index contributed by atoms with van der Waals surface area (Å²) in [6, 6.07) is 9.57. The molecule has 1 saturated heterocycles. The van der Waals surface area contributed by atoms with Crippen LogP contribution in [0.15, 0.2) is 28.7 Å². The van der Waals surface area contributed by atoms with E-state index in [0.717, 1.165) is 30.1 Å². The van der Waals surface area contributed by atoms with Crippen LogP contribution in [0.2, 0.25) is 0 Å². The first kappa shape index (κ1) is 13.6. The molecule has 0 aromatic heterocycles. The molecular weight excluding hydrogens is 302 g/mol. The van der Waals surface area contributed by atoms with Gasteiger partial charge >= 0.3 is 0 Å². The molecule has 2 atom stereocenters. The molecule has 3 rings (SSSR count). The molecule has 0 amide bonds. The molecular formula is C16H22BrNO. The van der Waals surface area contributed by atoms with E-state index in [1.807, 2.05) is 0 Å². The van der Waals surface area contributed by atoms with E-state index >= 15 is 0 Å². The lowest BCUT2D eigenvalue weighted by molar-refractivity contribution is 0.0976. The lowest BCUT2D eigenvalue weighted by Crippen LogP contribution is -2.26. The van der Waals surface area contributed by atoms with Crippen LogP contribution in [0.3, 0.4) is 0 Å². The van der Waals surface area contributed by atoms with Gasteiger partial charge in [-0.3, -0.25) is 0 Å². The molecule has 2 nitrogen and oxygen atoms in total. The Kier molecular flexibility index (Phi) is 4.57. The number of halogens is 1. The molecule has 2 unspecified atom stereocenters. The van der Waals surface area contributed by atoms with Gasteiger partial charge in [0.15, 0.2) is 0 Å². The third kappa shape index (κ3) is 4.04. The summed E-state index contributed by atoms with van der Waals surface area (Å²) in [5.41, 5.74) is 1.44. The summed E-state index contributed by atoms with van der Waals surface area (Å²) in [5, 5.41) is 3.68. The molecule has 1 aliphatic heterocycles. The van der Waals surface area contributed by atoms with E-state index in [9.17, 15) is 0 Å². The standard InChI is InChI=1S/C16H22BrNO/c17-14-5-3-12(4-6-14)13(11-18-15-7-8-15)10-16-2-1-9-19-16/h3-6,13,15-16,18H,1-2,7-11H2. The maximum Gasteiger partial charge on any atom is 0.0582 e. The van der Waals surface area contributed by atoms with Crippen LogP contribution in [0.1, 0.15) is 43.6 Å². The number of hydrogen-bond donors (Lipinski definition) is 1. The minimum Gasteiger partial charge on any atom is -0.378 e. The molecule has 2 fully saturated rings. The SMILES string of the molecule is Brc1ccc(C(CNC2CC2)CC2CCCO2)cc1. The highest BCUT2D eigenvalue weighted by Crippen LogP contribution is 2.29. The smallest absolute Gasteiger partial charge is 0.0582 e. The summed E-state index contributed by atoms with van der Waals surface area (Å²) in [7, 11) is 0. The van der Waals surface area contributed by atoms with E-state index in [1.165, 1.54) is 31.2 Å². The van der Waals surface area contributed by atoms with Gasteiger partial charge in [-0.25, -0.2) is 0 Å². The highest BCUT2D eigenvalue weighted by molar-refractivity contribution is 9.10. The van der Waals surface area contributed by atoms with E-state index in [1.54, 1.807) is 0 Å². The van der Waals surface area contributed by atoms with Gasteiger partial charge in [-0.2, -0.15) is 0 Å². The van der Waals surface area contributed by atoms with E-state index in [4.69, 9.17) is 4.74 Å². The van der Waals surface area contributed by atoms with Gasteiger partial charge in [0.2, 0.25) is 0 Å². The number of ether oxygens (including phenoxy) is 1. The van der Waals surface area contributed by atoms with Crippen molar-refractivity contribution in [2.45, 2.75) is 50.2 Å². The van der Waals surface area contributed by atoms with E-state index in [-0.39, 0.29) is 0 Å². The van der Waals surface area contributed by atoms with E-state index in [0.29, 0.717) is 12.0 Å². The second-order valence-electron chi connectivity index (χ2n) is 5.80. The molecule has 2 aliphatic rings. The van der Waals surface area contributed by atoms with Gasteiger partial charge in [0.25, 0.3) is 0 Å². The second kappa shape index (κ2) is 6.38. The number of nitrogens with one attached hydrogen (secondary N) is 1. The van der Waals surface area contributed by atoms with Crippen molar-refractivity contribution in [2.24, 2.45) is 0 Å². The summed E-state index contributed by atoms with van der Waals surface area (Å²) in [4.78, 5) is 0. The monoisotopic (exact) mass is 323 g/mol. The first-order chi connectivity index (χ1) is 9.31. The van der Waals surface area contributed by atoms with Crippen LogP contribution in [-0.2, 0) is 4.74 Å². The van der Waals surface area contributed by atoms with Gasteiger partial charge in [-0.05, 0) is 55.7 Å². The topological polar surface area (TPSA) is 21.3 Å². The Morgan fingerprint density at radius 2 is 2.00 bits per heavy atom. The Hall–Kier alpha value is -0.380. The molecule has 1 saturated carbocycles. The summed E-state index contributed by atoms with van der Waals surface area (Å²) < 4.78 is 6.97. The minimum absolute atomic E-state index is 0.467. The van der Waals surface area contributed by atoms with Gasteiger partial charge in [0, 0.05) is 23.7 Å². The van der Waals surface area contributed by atoms with Gasteiger partial charge in [0.1, 0.15) is 0 Å². The van der Waals surface area contributed by atoms with Crippen LogP contribution in [0.5, 0.6) is 0 Å². The first-order valence-corrected chi connectivity index (χ1v) is 8.21. The number of benzene rings is 1. The minimum atomic E-state index is 0.467. The van der Waals surface area contributed by atoms with Crippen LogP contribution in [0.4, 0.5) is 0 Å². The van der Waals surface area contributed by atoms with Crippen molar-refractivity contribution < 1.29 is 4.74 Å². The molecule has 19 heavy (non-hydrogen) atoms. The predicted molar refractivity (Wildman–Crippen MR) is 81.5 cm³/mol. The quantitative estimate of drug-likeness (QED) is 0.858. The normalized spacial score (nSPS) is 24.6. The molecule has 1 aromatic carbocycles. The zero-order valence-electron chi connectivity index (χ0n) is 11.3. The van der Waals surface area contributed by atoms with Crippen molar-refractivity contribution in [3.05, 3.63) is 34.3 Å². The lowest BCUT2D eigenvalue weighted by atomic mass is 9.92. The summed E-state index contributed by atoms with van der Waals surface area (Å²) in [5.74, 6) is 0.580. The van der Waals surface area contributed by atoms with Crippen molar-refractivity contribution in [3.8, 4) is 0 Å². The van der Waals surface area contributed by atoms with Crippen LogP contribution in [0, 0.1) is 0 Å². The third-order valence-electron chi connectivity index (χ3n) is 4.14. The first-order valence-electron chi connectivity index (χ1n) is 7.42. The fourth-order valence-corrected chi connectivity index (χ4v) is 3.08. The Morgan fingerprint density at radius 1 is 1.21 bits per heavy atom. The van der Waals surface area contributed by atoms with Crippen molar-refractivity contribution >= 4 is 15.9 Å². The Bertz CT molecular complexity index is 396. The fourth-order valence-electron chi connectivity index (χ4n) is 2.82. The van der Waals surface area contributed by atoms with Gasteiger partial charge in [0.05, 0.1) is 6.10 Å². The predicted octanol–water partition coefficient (Wildman–Crippen LogP) is 3.85. The van der Waals surface area contributed by atoms with Crippen LogP contribution < -0.4 is 5.32 Å². The third-order valence-corrected chi connectivity index (χ3v) is 4.67. The van der Waals surface area contributed by atoms with Crippen molar-refractivity contribution in [2.75, 3.05) is 13.2 Å². The molecule has 3 heteroatoms. The van der Waals surface area contributed by atoms with E-state index < -0.39 is 0 Å². The highest BCUT2D eigenvalue weighted by Gasteiger charge is 2.25. The van der Waals surface area contributed by atoms with Crippen molar-refractivity contribution in [3.63, 3.8) is 0 Å². The molecule has 1 aromatic rings. The summed E-state index contributed by atoms with van der Waals surface area (Å²) in [6.07, 6.45) is 6.79. The highest BCUT2D eigenvalue weighted by atomic mass is 79.9. The molecule has 104 valence electrons. The largest absolute Gasteiger partial charge is 0.378 e. The Morgan fingerprint density at radius 3 is 2.63 bits per heavy atom. The molecule has 1 heterocycles. The zero-order chi connectivity index (χ0) is 13.1. The van der Waals surface area contributed by atoms with Crippen LogP contribution in [0.25, 0.3) is 0 Å². The molecule has 0 radical (unpaired) electrons. The molecule has 0 spiro atoms. The van der Waals surface area contributed by atoms with Gasteiger partial charge in [-0.1, -0.05) is 28.1 Å². The van der Waals surface area contributed by atoms with E-state index in [2.05, 4.69) is 45.5 Å². The van der Waals surface area contributed by atoms with Gasteiger partial charge in [-0.15, -0.1) is 0 Å². The zero-order valence-corrected chi connectivity index (χ0v) is 12.9. The maximum atomic E-state index is 5.81. The fraction of sp³-hybridized carbons (Fsp3) is 0.625. The average molecular weight is 324 g/mol. The number of rotatable bonds is 6. The lowest BCUT2D eigenvalue weighted by Gasteiger charge is -2.21. The van der Waals surface area contributed by atoms with Crippen LogP contribution in [-0.4, -0.2) is 25.3 Å². The summed E-state index contributed by atoms with van der Waals surface area (Å²) >= 11 is 3.51. The van der Waals surface area contributed by atoms with Crippen molar-refractivity contribution in [1.82, 2.24) is 5.32 Å². The Balaban J connectivity index is 1.64. The average Bonchev–Trinajstić information content (AvgIpc) is 3.11.